The number of likely N-dealkylation sites (N-methyl/N-ethyl adjacent to an activating group) is 1. The number of amides is 1. The minimum absolute atomic E-state index is 0.00822. The molecule has 162 valence electrons. The van der Waals surface area contributed by atoms with E-state index in [-0.39, 0.29) is 30.4 Å². The molecule has 0 atom stereocenters. The Morgan fingerprint density at radius 1 is 1.13 bits per heavy atom. The van der Waals surface area contributed by atoms with Crippen LogP contribution in [0.25, 0.3) is 11.3 Å². The minimum Gasteiger partial charge on any atom is -0.393 e. The lowest BCUT2D eigenvalue weighted by atomic mass is 9.92. The molecule has 4 rings (SSSR count). The summed E-state index contributed by atoms with van der Waals surface area (Å²) in [6.07, 6.45) is 6.80. The highest BCUT2D eigenvalue weighted by Gasteiger charge is 2.26. The zero-order valence-electron chi connectivity index (χ0n) is 17.6. The van der Waals surface area contributed by atoms with Crippen molar-refractivity contribution in [3.63, 3.8) is 0 Å². The molecule has 31 heavy (non-hydrogen) atoms. The van der Waals surface area contributed by atoms with Crippen molar-refractivity contribution < 1.29 is 14.3 Å². The van der Waals surface area contributed by atoms with E-state index < -0.39 is 0 Å². The van der Waals surface area contributed by atoms with Crippen LogP contribution in [0.3, 0.4) is 0 Å². The van der Waals surface area contributed by atoms with Crippen molar-refractivity contribution in [1.29, 1.82) is 0 Å². The molecule has 1 aliphatic rings. The molecule has 0 bridgehead atoms. The first-order valence-electron chi connectivity index (χ1n) is 10.6. The maximum absolute atomic E-state index is 13.3. The van der Waals surface area contributed by atoms with Gasteiger partial charge in [0.2, 0.25) is 5.91 Å². The maximum Gasteiger partial charge on any atom is 0.244 e. The fraction of sp³-hybridized carbons (Fsp3) is 0.375. The van der Waals surface area contributed by atoms with Gasteiger partial charge in [-0.15, -0.1) is 0 Å². The Bertz CT molecular complexity index is 1010. The molecule has 3 aromatic rings. The smallest absolute Gasteiger partial charge is 0.244 e. The van der Waals surface area contributed by atoms with Gasteiger partial charge in [0.05, 0.1) is 11.8 Å². The van der Waals surface area contributed by atoms with E-state index in [4.69, 9.17) is 5.10 Å². The highest BCUT2D eigenvalue weighted by Crippen LogP contribution is 2.24. The summed E-state index contributed by atoms with van der Waals surface area (Å²) in [7, 11) is 1.83. The first-order valence-corrected chi connectivity index (χ1v) is 10.6. The number of hydrogen-bond acceptors (Lipinski definition) is 4. The lowest BCUT2D eigenvalue weighted by Gasteiger charge is -2.33. The quantitative estimate of drug-likeness (QED) is 0.661. The summed E-state index contributed by atoms with van der Waals surface area (Å²) in [5, 5.41) is 14.4. The Morgan fingerprint density at radius 3 is 2.48 bits per heavy atom. The third-order valence-corrected chi connectivity index (χ3v) is 6.03. The van der Waals surface area contributed by atoms with E-state index in [0.29, 0.717) is 6.42 Å². The van der Waals surface area contributed by atoms with Gasteiger partial charge in [-0.05, 0) is 61.6 Å². The highest BCUT2D eigenvalue weighted by molar-refractivity contribution is 5.76. The van der Waals surface area contributed by atoms with Crippen molar-refractivity contribution in [2.24, 2.45) is 0 Å². The SMILES string of the molecule is CN(C(=O)Cn1nc(-c2ccncc2)cc1Cc1ccc(F)cc1)C1CCC(O)CC1. The van der Waals surface area contributed by atoms with Crippen LogP contribution in [0.15, 0.2) is 54.9 Å². The van der Waals surface area contributed by atoms with E-state index in [9.17, 15) is 14.3 Å². The second kappa shape index (κ2) is 9.39. The molecule has 1 saturated carbocycles. The Morgan fingerprint density at radius 2 is 1.81 bits per heavy atom. The van der Waals surface area contributed by atoms with Crippen molar-refractivity contribution in [3.8, 4) is 11.3 Å². The second-order valence-electron chi connectivity index (χ2n) is 8.18. The van der Waals surface area contributed by atoms with Crippen LogP contribution in [-0.2, 0) is 17.8 Å². The molecule has 0 aliphatic heterocycles. The number of halogens is 1. The van der Waals surface area contributed by atoms with Gasteiger partial charge in [-0.2, -0.15) is 5.10 Å². The third kappa shape index (κ3) is 5.17. The summed E-state index contributed by atoms with van der Waals surface area (Å²) in [4.78, 5) is 18.9. The Kier molecular flexibility index (Phi) is 6.42. The van der Waals surface area contributed by atoms with E-state index in [1.54, 1.807) is 34.1 Å². The maximum atomic E-state index is 13.3. The molecule has 1 N–H and O–H groups in total. The van der Waals surface area contributed by atoms with E-state index in [0.717, 1.165) is 48.2 Å². The Hall–Kier alpha value is -3.06. The van der Waals surface area contributed by atoms with Crippen LogP contribution in [0.4, 0.5) is 4.39 Å². The number of carbonyl (C=O) groups excluding carboxylic acids is 1. The van der Waals surface area contributed by atoms with Gasteiger partial charge in [0.1, 0.15) is 12.4 Å². The van der Waals surface area contributed by atoms with Gasteiger partial charge in [0.15, 0.2) is 0 Å². The molecular formula is C24H27FN4O2. The largest absolute Gasteiger partial charge is 0.393 e. The predicted molar refractivity (Wildman–Crippen MR) is 116 cm³/mol. The van der Waals surface area contributed by atoms with Crippen LogP contribution >= 0.6 is 0 Å². The van der Waals surface area contributed by atoms with Crippen LogP contribution in [-0.4, -0.2) is 49.9 Å². The van der Waals surface area contributed by atoms with Gasteiger partial charge in [-0.25, -0.2) is 4.39 Å². The lowest BCUT2D eigenvalue weighted by Crippen LogP contribution is -2.42. The van der Waals surface area contributed by atoms with Gasteiger partial charge < -0.3 is 10.0 Å². The summed E-state index contributed by atoms with van der Waals surface area (Å²) in [6, 6.07) is 12.3. The third-order valence-electron chi connectivity index (χ3n) is 6.03. The monoisotopic (exact) mass is 422 g/mol. The standard InChI is InChI=1S/C24H27FN4O2/c1-28(20-6-8-22(30)9-7-20)24(31)16-29-21(14-17-2-4-19(25)5-3-17)15-23(27-29)18-10-12-26-13-11-18/h2-5,10-13,15,20,22,30H,6-9,14,16H2,1H3. The van der Waals surface area contributed by atoms with Gasteiger partial charge in [-0.3, -0.25) is 14.5 Å². The molecule has 1 aromatic carbocycles. The number of aliphatic hydroxyl groups excluding tert-OH is 1. The number of aromatic nitrogens is 3. The number of rotatable bonds is 6. The van der Waals surface area contributed by atoms with Crippen LogP contribution in [0, 0.1) is 5.82 Å². The molecule has 0 spiro atoms. The average Bonchev–Trinajstić information content (AvgIpc) is 3.18. The number of nitrogens with zero attached hydrogens (tertiary/aromatic N) is 4. The van der Waals surface area contributed by atoms with Crippen LogP contribution in [0.1, 0.15) is 36.9 Å². The lowest BCUT2D eigenvalue weighted by molar-refractivity contribution is -0.133. The predicted octanol–water partition coefficient (Wildman–Crippen LogP) is 3.44. The zero-order valence-corrected chi connectivity index (χ0v) is 17.6. The normalized spacial score (nSPS) is 18.7. The van der Waals surface area contributed by atoms with Crippen molar-refractivity contribution in [3.05, 3.63) is 71.9 Å². The van der Waals surface area contributed by atoms with E-state index >= 15 is 0 Å². The molecule has 1 fully saturated rings. The molecular weight excluding hydrogens is 395 g/mol. The number of pyridine rings is 1. The van der Waals surface area contributed by atoms with Crippen molar-refractivity contribution in [1.82, 2.24) is 19.7 Å². The van der Waals surface area contributed by atoms with E-state index in [2.05, 4.69) is 4.98 Å². The average molecular weight is 423 g/mol. The topological polar surface area (TPSA) is 71.2 Å². The number of hydrogen-bond donors (Lipinski definition) is 1. The van der Waals surface area contributed by atoms with Crippen LogP contribution in [0.2, 0.25) is 0 Å². The van der Waals surface area contributed by atoms with Crippen LogP contribution in [0.5, 0.6) is 0 Å². The first kappa shape index (κ1) is 21.2. The molecule has 0 unspecified atom stereocenters. The first-order chi connectivity index (χ1) is 15.0. The number of aliphatic hydroxyl groups is 1. The summed E-state index contributed by atoms with van der Waals surface area (Å²) in [6.45, 7) is 0.136. The molecule has 7 heteroatoms. The zero-order chi connectivity index (χ0) is 21.8. The number of benzene rings is 1. The van der Waals surface area contributed by atoms with Gasteiger partial charge >= 0.3 is 0 Å². The van der Waals surface area contributed by atoms with Gasteiger partial charge in [0.25, 0.3) is 0 Å². The van der Waals surface area contributed by atoms with Crippen molar-refractivity contribution in [2.75, 3.05) is 7.05 Å². The van der Waals surface area contributed by atoms with E-state index in [1.165, 1.54) is 12.1 Å². The van der Waals surface area contributed by atoms with Crippen molar-refractivity contribution >= 4 is 5.91 Å². The summed E-state index contributed by atoms with van der Waals surface area (Å²) in [5.41, 5.74) is 3.54. The highest BCUT2D eigenvalue weighted by atomic mass is 19.1. The molecule has 0 radical (unpaired) electrons. The summed E-state index contributed by atoms with van der Waals surface area (Å²) < 4.78 is 15.0. The number of carbonyl (C=O) groups is 1. The molecule has 1 aliphatic carbocycles. The second-order valence-corrected chi connectivity index (χ2v) is 8.18. The Balaban J connectivity index is 1.56. The minimum atomic E-state index is -0.274. The van der Waals surface area contributed by atoms with Gasteiger partial charge in [0, 0.05) is 43.2 Å². The molecule has 2 aromatic heterocycles. The fourth-order valence-electron chi connectivity index (χ4n) is 4.10. The fourth-order valence-corrected chi connectivity index (χ4v) is 4.10. The Labute approximate surface area is 181 Å². The molecule has 1 amide bonds. The van der Waals surface area contributed by atoms with E-state index in [1.807, 2.05) is 25.2 Å². The van der Waals surface area contributed by atoms with Crippen molar-refractivity contribution in [2.45, 2.75) is 50.8 Å². The summed E-state index contributed by atoms with van der Waals surface area (Å²) >= 11 is 0. The summed E-state index contributed by atoms with van der Waals surface area (Å²) in [5.74, 6) is -0.282. The molecule has 2 heterocycles. The molecule has 6 nitrogen and oxygen atoms in total. The molecule has 0 saturated heterocycles. The van der Waals surface area contributed by atoms with Crippen LogP contribution < -0.4 is 0 Å². The van der Waals surface area contributed by atoms with Gasteiger partial charge in [-0.1, -0.05) is 12.1 Å².